The number of rotatable bonds is 2. The summed E-state index contributed by atoms with van der Waals surface area (Å²) in [6.07, 6.45) is 0. The Morgan fingerprint density at radius 2 is 0.547 bits per heavy atom. The van der Waals surface area contributed by atoms with Crippen LogP contribution in [0.5, 0.6) is 46.0 Å². The third-order valence-electron chi connectivity index (χ3n) is 16.8. The average molecular weight is 954 g/mol. The number of anilines is 6. The lowest BCUT2D eigenvalue weighted by Gasteiger charge is -2.40. The van der Waals surface area contributed by atoms with Crippen LogP contribution in [0.15, 0.2) is 224 Å². The van der Waals surface area contributed by atoms with Gasteiger partial charge in [0.2, 0.25) is 0 Å². The van der Waals surface area contributed by atoms with Crippen molar-refractivity contribution in [1.82, 2.24) is 0 Å². The summed E-state index contributed by atoms with van der Waals surface area (Å²) in [6.45, 7) is -0.255. The maximum Gasteiger partial charge on any atom is 0.260 e. The van der Waals surface area contributed by atoms with Crippen molar-refractivity contribution in [3.63, 3.8) is 0 Å². The van der Waals surface area contributed by atoms with Gasteiger partial charge in [0.15, 0.2) is 0 Å². The van der Waals surface area contributed by atoms with Crippen molar-refractivity contribution in [2.24, 2.45) is 0 Å². The molecule has 344 valence electrons. The molecule has 6 aliphatic heterocycles. The van der Waals surface area contributed by atoms with Crippen LogP contribution in [0.25, 0.3) is 32.3 Å². The van der Waals surface area contributed by atoms with Gasteiger partial charge in [-0.25, -0.2) is 0 Å². The first-order chi connectivity index (χ1) is 37.2. The Morgan fingerprint density at radius 3 is 1.01 bits per heavy atom. The number of fused-ring (bicyclic) bond motifs is 18. The van der Waals surface area contributed by atoms with Gasteiger partial charge in [-0.15, -0.1) is 0 Å². The van der Waals surface area contributed by atoms with Gasteiger partial charge in [-0.1, -0.05) is 127 Å². The van der Waals surface area contributed by atoms with Crippen LogP contribution in [0, 0.1) is 0 Å². The van der Waals surface area contributed by atoms with Crippen LogP contribution in [-0.2, 0) is 0 Å². The number of ether oxygens (including phenoxy) is 4. The van der Waals surface area contributed by atoms with Gasteiger partial charge in [0.05, 0.1) is 0 Å². The highest BCUT2D eigenvalue weighted by Crippen LogP contribution is 2.47. The molecule has 0 radical (unpaired) electrons. The van der Waals surface area contributed by atoms with E-state index in [4.69, 9.17) is 18.9 Å². The quantitative estimate of drug-likeness (QED) is 0.127. The van der Waals surface area contributed by atoms with Crippen molar-refractivity contribution < 1.29 is 18.9 Å². The normalized spacial score (nSPS) is 14.2. The third kappa shape index (κ3) is 5.31. The number of hydrogen-bond donors (Lipinski definition) is 0. The number of hydrogen-bond acceptors (Lipinski definition) is 6. The molecule has 0 N–H and O–H groups in total. The fourth-order valence-corrected chi connectivity index (χ4v) is 13.8. The molecule has 18 rings (SSSR count). The maximum absolute atomic E-state index is 7.22. The minimum atomic E-state index is -0.0946. The molecule has 9 heteroatoms. The van der Waals surface area contributed by atoms with Gasteiger partial charge >= 0.3 is 0 Å². The SMILES string of the molecule is c1ccc(N2c3ccccc3B3c4cc5c6cc7c(cc6c6cc8c(cc6c5cc4Oc4cccc2c43)Oc2cccc3c2B8c2ccccc2N3c2ccccc2)B2c3ccccc3Oc3cccc(c32)O7)cc1. The molecule has 75 heavy (non-hydrogen) atoms. The first kappa shape index (κ1) is 40.0. The van der Waals surface area contributed by atoms with E-state index in [0.29, 0.717) is 0 Å². The zero-order valence-corrected chi connectivity index (χ0v) is 40.1. The Labute approximate surface area is 432 Å². The lowest BCUT2D eigenvalue weighted by atomic mass is 9.34. The van der Waals surface area contributed by atoms with E-state index in [-0.39, 0.29) is 20.1 Å². The Morgan fingerprint density at radius 1 is 0.227 bits per heavy atom. The molecule has 6 heterocycles. The van der Waals surface area contributed by atoms with E-state index in [2.05, 4.69) is 228 Å². The Bertz CT molecular complexity index is 4550. The average Bonchev–Trinajstić information content (AvgIpc) is 3.46. The summed E-state index contributed by atoms with van der Waals surface area (Å²) in [5, 5.41) is 6.73. The van der Waals surface area contributed by atoms with Crippen LogP contribution in [0.3, 0.4) is 0 Å². The summed E-state index contributed by atoms with van der Waals surface area (Å²) in [5.74, 6) is 6.82. The van der Waals surface area contributed by atoms with Gasteiger partial charge < -0.3 is 28.7 Å². The van der Waals surface area contributed by atoms with Gasteiger partial charge in [-0.3, -0.25) is 0 Å². The molecular weight excluding hydrogens is 917 g/mol. The Kier molecular flexibility index (Phi) is 7.75. The highest BCUT2D eigenvalue weighted by Gasteiger charge is 2.45. The smallest absolute Gasteiger partial charge is 0.260 e. The van der Waals surface area contributed by atoms with Crippen LogP contribution in [0.2, 0.25) is 0 Å². The van der Waals surface area contributed by atoms with Gasteiger partial charge in [-0.05, 0) is 173 Å². The fraction of sp³-hybridized carbons (Fsp3) is 0. The van der Waals surface area contributed by atoms with E-state index in [1.165, 1.54) is 21.9 Å². The van der Waals surface area contributed by atoms with E-state index in [1.807, 2.05) is 6.07 Å². The molecule has 0 atom stereocenters. The minimum Gasteiger partial charge on any atom is -0.458 e. The maximum atomic E-state index is 7.22. The molecule has 0 amide bonds. The zero-order chi connectivity index (χ0) is 48.6. The van der Waals surface area contributed by atoms with Crippen LogP contribution in [0.1, 0.15) is 0 Å². The van der Waals surface area contributed by atoms with Crippen molar-refractivity contribution in [2.75, 3.05) is 9.80 Å². The van der Waals surface area contributed by atoms with Gasteiger partial charge in [0, 0.05) is 39.6 Å². The first-order valence-corrected chi connectivity index (χ1v) is 25.8. The molecule has 0 bridgehead atoms. The molecule has 12 aromatic carbocycles. The lowest BCUT2D eigenvalue weighted by Crippen LogP contribution is -2.59. The van der Waals surface area contributed by atoms with Gasteiger partial charge in [-0.2, -0.15) is 0 Å². The van der Waals surface area contributed by atoms with Crippen molar-refractivity contribution in [3.05, 3.63) is 224 Å². The Hall–Kier alpha value is -9.59. The van der Waals surface area contributed by atoms with Crippen molar-refractivity contribution in [1.29, 1.82) is 0 Å². The molecule has 0 saturated carbocycles. The minimum absolute atomic E-state index is 0.0800. The number of nitrogens with zero attached hydrogens (tertiary/aromatic N) is 2. The van der Waals surface area contributed by atoms with E-state index in [0.717, 1.165) is 140 Å². The first-order valence-electron chi connectivity index (χ1n) is 25.8. The third-order valence-corrected chi connectivity index (χ3v) is 16.8. The second-order valence-electron chi connectivity index (χ2n) is 20.6. The molecule has 6 aliphatic rings. The van der Waals surface area contributed by atoms with Crippen LogP contribution in [-0.4, -0.2) is 20.1 Å². The number of para-hydroxylation sites is 5. The molecule has 0 fully saturated rings. The van der Waals surface area contributed by atoms with Crippen LogP contribution < -0.4 is 77.9 Å². The Balaban J connectivity index is 0.928. The lowest BCUT2D eigenvalue weighted by molar-refractivity contribution is 0.465. The summed E-state index contributed by atoms with van der Waals surface area (Å²) in [7, 11) is 0. The predicted octanol–water partition coefficient (Wildman–Crippen LogP) is 10.7. The van der Waals surface area contributed by atoms with Crippen LogP contribution in [0.4, 0.5) is 34.1 Å². The van der Waals surface area contributed by atoms with Gasteiger partial charge in [0.1, 0.15) is 46.0 Å². The van der Waals surface area contributed by atoms with E-state index < -0.39 is 0 Å². The largest absolute Gasteiger partial charge is 0.458 e. The predicted molar refractivity (Wildman–Crippen MR) is 308 cm³/mol. The zero-order valence-electron chi connectivity index (χ0n) is 40.1. The summed E-state index contributed by atoms with van der Waals surface area (Å²) in [4.78, 5) is 4.78. The summed E-state index contributed by atoms with van der Waals surface area (Å²) < 4.78 is 28.1. The molecule has 6 nitrogen and oxygen atoms in total. The topological polar surface area (TPSA) is 43.4 Å². The molecule has 0 aliphatic carbocycles. The van der Waals surface area contributed by atoms with Crippen LogP contribution >= 0.6 is 0 Å². The molecule has 0 unspecified atom stereocenters. The van der Waals surface area contributed by atoms with Gasteiger partial charge in [0.25, 0.3) is 20.1 Å². The summed E-state index contributed by atoms with van der Waals surface area (Å²) >= 11 is 0. The second kappa shape index (κ2) is 14.6. The van der Waals surface area contributed by atoms with Crippen molar-refractivity contribution >= 4 is 136 Å². The fourth-order valence-electron chi connectivity index (χ4n) is 13.8. The molecule has 12 aromatic rings. The highest BCUT2D eigenvalue weighted by atomic mass is 16.5. The summed E-state index contributed by atoms with van der Waals surface area (Å²) in [5.41, 5.74) is 17.2. The van der Waals surface area contributed by atoms with E-state index in [1.54, 1.807) is 0 Å². The van der Waals surface area contributed by atoms with E-state index in [9.17, 15) is 0 Å². The monoisotopic (exact) mass is 954 g/mol. The highest BCUT2D eigenvalue weighted by molar-refractivity contribution is 7.00. The standard InChI is InChI=1S/C66H37B3N2O4/c1-3-16-38(17-4-1)70-52-23-10-7-20-46(52)67-49-32-41-40-33-51-63(75-60-31-15-30-59-66(60)69(51)48-22-9-12-27-56(48)72-59)35-43(40)42-34-50-62(37-45(42)44(41)36-61(49)73-57-28-13-25-54(70)64(57)67)74-58-29-14-26-55-65(58)68(50)47-21-8-11-24-53(47)71(55)39-18-5-2-6-19-39/h1-37H. The van der Waals surface area contributed by atoms with Crippen molar-refractivity contribution in [2.45, 2.75) is 0 Å². The number of benzene rings is 12. The molecule has 0 saturated heterocycles. The summed E-state index contributed by atoms with van der Waals surface area (Å²) in [6, 6.07) is 81.0. The molecular formula is C66H37B3N2O4. The van der Waals surface area contributed by atoms with E-state index >= 15 is 0 Å². The van der Waals surface area contributed by atoms with Crippen molar-refractivity contribution in [3.8, 4) is 46.0 Å². The second-order valence-corrected chi connectivity index (χ2v) is 20.6. The molecule has 0 spiro atoms. The molecule has 0 aromatic heterocycles.